The van der Waals surface area contributed by atoms with E-state index in [1.165, 1.54) is 0 Å². The SMILES string of the molecule is CC(=O)Cc1c(C(C)C)cc(C#N)cc1C(C)C. The molecule has 0 N–H and O–H groups in total. The van der Waals surface area contributed by atoms with E-state index in [1.807, 2.05) is 12.1 Å². The summed E-state index contributed by atoms with van der Waals surface area (Å²) < 4.78 is 0. The number of hydrogen-bond acceptors (Lipinski definition) is 2. The number of carbonyl (C=O) groups excluding carboxylic acids is 1. The minimum Gasteiger partial charge on any atom is -0.300 e. The molecule has 1 rings (SSSR count). The van der Waals surface area contributed by atoms with Gasteiger partial charge >= 0.3 is 0 Å². The first kappa shape index (κ1) is 14.4. The van der Waals surface area contributed by atoms with Gasteiger partial charge < -0.3 is 0 Å². The second-order valence-corrected chi connectivity index (χ2v) is 5.43. The summed E-state index contributed by atoms with van der Waals surface area (Å²) in [6.07, 6.45) is 0.465. The summed E-state index contributed by atoms with van der Waals surface area (Å²) in [5.41, 5.74) is 4.07. The molecule has 0 spiro atoms. The molecule has 0 radical (unpaired) electrons. The van der Waals surface area contributed by atoms with E-state index in [0.29, 0.717) is 23.8 Å². The largest absolute Gasteiger partial charge is 0.300 e. The first-order chi connectivity index (χ1) is 8.36. The van der Waals surface area contributed by atoms with Gasteiger partial charge in [-0.05, 0) is 47.6 Å². The van der Waals surface area contributed by atoms with Crippen molar-refractivity contribution in [3.8, 4) is 6.07 Å². The summed E-state index contributed by atoms with van der Waals surface area (Å²) in [7, 11) is 0. The predicted octanol–water partition coefficient (Wildman–Crippen LogP) is 3.94. The molecule has 0 saturated heterocycles. The van der Waals surface area contributed by atoms with Crippen molar-refractivity contribution in [2.45, 2.75) is 52.9 Å². The quantitative estimate of drug-likeness (QED) is 0.803. The van der Waals surface area contributed by atoms with Crippen LogP contribution in [0.25, 0.3) is 0 Å². The van der Waals surface area contributed by atoms with Gasteiger partial charge in [-0.2, -0.15) is 5.26 Å². The van der Waals surface area contributed by atoms with Crippen molar-refractivity contribution in [3.05, 3.63) is 34.4 Å². The molecule has 0 aliphatic rings. The van der Waals surface area contributed by atoms with Crippen LogP contribution in [0, 0.1) is 11.3 Å². The van der Waals surface area contributed by atoms with Crippen LogP contribution in [0.4, 0.5) is 0 Å². The number of rotatable bonds is 4. The highest BCUT2D eigenvalue weighted by molar-refractivity contribution is 5.79. The molecule has 0 saturated carbocycles. The first-order valence-corrected chi connectivity index (χ1v) is 6.43. The summed E-state index contributed by atoms with van der Waals surface area (Å²) in [5.74, 6) is 0.818. The molecule has 0 bridgehead atoms. The average Bonchev–Trinajstić information content (AvgIpc) is 2.27. The summed E-state index contributed by atoms with van der Waals surface area (Å²) in [6.45, 7) is 10.0. The fourth-order valence-corrected chi connectivity index (χ4v) is 2.27. The zero-order chi connectivity index (χ0) is 13.9. The van der Waals surface area contributed by atoms with Gasteiger partial charge in [-0.15, -0.1) is 0 Å². The van der Waals surface area contributed by atoms with E-state index < -0.39 is 0 Å². The molecule has 0 unspecified atom stereocenters. The molecule has 1 aromatic carbocycles. The third-order valence-corrected chi connectivity index (χ3v) is 3.12. The zero-order valence-corrected chi connectivity index (χ0v) is 11.9. The van der Waals surface area contributed by atoms with Crippen molar-refractivity contribution in [1.82, 2.24) is 0 Å². The van der Waals surface area contributed by atoms with E-state index in [1.54, 1.807) is 6.92 Å². The minimum absolute atomic E-state index is 0.170. The number of carbonyl (C=O) groups is 1. The molecular formula is C16H21NO. The molecule has 96 valence electrons. The van der Waals surface area contributed by atoms with E-state index in [4.69, 9.17) is 5.26 Å². The summed E-state index contributed by atoms with van der Waals surface area (Å²) >= 11 is 0. The molecule has 18 heavy (non-hydrogen) atoms. The first-order valence-electron chi connectivity index (χ1n) is 6.43. The van der Waals surface area contributed by atoms with E-state index >= 15 is 0 Å². The van der Waals surface area contributed by atoms with Crippen LogP contribution in [-0.4, -0.2) is 5.78 Å². The van der Waals surface area contributed by atoms with E-state index in [0.717, 1.165) is 16.7 Å². The molecule has 0 aromatic heterocycles. The van der Waals surface area contributed by atoms with Crippen LogP contribution in [0.2, 0.25) is 0 Å². The third-order valence-electron chi connectivity index (χ3n) is 3.12. The number of hydrogen-bond donors (Lipinski definition) is 0. The molecular weight excluding hydrogens is 222 g/mol. The van der Waals surface area contributed by atoms with Crippen molar-refractivity contribution >= 4 is 5.78 Å². The molecule has 0 amide bonds. The highest BCUT2D eigenvalue weighted by Crippen LogP contribution is 2.29. The molecule has 0 aliphatic heterocycles. The Morgan fingerprint density at radius 2 is 1.61 bits per heavy atom. The van der Waals surface area contributed by atoms with Crippen LogP contribution in [0.5, 0.6) is 0 Å². The smallest absolute Gasteiger partial charge is 0.134 e. The molecule has 0 atom stereocenters. The Labute approximate surface area is 110 Å². The maximum atomic E-state index is 11.5. The normalized spacial score (nSPS) is 10.8. The topological polar surface area (TPSA) is 40.9 Å². The minimum atomic E-state index is 0.170. The van der Waals surface area contributed by atoms with Gasteiger partial charge in [0.15, 0.2) is 0 Å². The standard InChI is InChI=1S/C16H21NO/c1-10(2)14-7-13(9-17)8-15(11(3)4)16(14)6-12(5)18/h7-8,10-11H,6H2,1-5H3. The highest BCUT2D eigenvalue weighted by atomic mass is 16.1. The van der Waals surface area contributed by atoms with Crippen LogP contribution < -0.4 is 0 Å². The van der Waals surface area contributed by atoms with Gasteiger partial charge in [0, 0.05) is 6.42 Å². The predicted molar refractivity (Wildman–Crippen MR) is 73.7 cm³/mol. The summed E-state index contributed by atoms with van der Waals surface area (Å²) in [4.78, 5) is 11.5. The van der Waals surface area contributed by atoms with Crippen molar-refractivity contribution < 1.29 is 4.79 Å². The number of Topliss-reactive ketones (excluding diaryl/α,β-unsaturated/α-hetero) is 1. The molecule has 2 heteroatoms. The van der Waals surface area contributed by atoms with Crippen LogP contribution in [0.15, 0.2) is 12.1 Å². The Bertz CT molecular complexity index is 463. The molecule has 2 nitrogen and oxygen atoms in total. The summed E-state index contributed by atoms with van der Waals surface area (Å²) in [5, 5.41) is 9.11. The van der Waals surface area contributed by atoms with Crippen LogP contribution in [-0.2, 0) is 11.2 Å². The van der Waals surface area contributed by atoms with Gasteiger partial charge in [0.1, 0.15) is 5.78 Å². The van der Waals surface area contributed by atoms with E-state index in [9.17, 15) is 4.79 Å². The lowest BCUT2D eigenvalue weighted by molar-refractivity contribution is -0.116. The zero-order valence-electron chi connectivity index (χ0n) is 11.9. The molecule has 0 fully saturated rings. The second kappa shape index (κ2) is 5.82. The fourth-order valence-electron chi connectivity index (χ4n) is 2.27. The van der Waals surface area contributed by atoms with Gasteiger partial charge in [-0.3, -0.25) is 4.79 Å². The van der Waals surface area contributed by atoms with Gasteiger partial charge in [-0.25, -0.2) is 0 Å². The van der Waals surface area contributed by atoms with Gasteiger partial charge in [0.25, 0.3) is 0 Å². The lowest BCUT2D eigenvalue weighted by Crippen LogP contribution is -2.08. The van der Waals surface area contributed by atoms with Crippen LogP contribution in [0.1, 0.15) is 68.7 Å². The van der Waals surface area contributed by atoms with Crippen molar-refractivity contribution in [1.29, 1.82) is 5.26 Å². The Morgan fingerprint density at radius 3 is 1.89 bits per heavy atom. The number of nitriles is 1. The Morgan fingerprint density at radius 1 is 1.17 bits per heavy atom. The average molecular weight is 243 g/mol. The van der Waals surface area contributed by atoms with Crippen LogP contribution >= 0.6 is 0 Å². The van der Waals surface area contributed by atoms with Crippen molar-refractivity contribution in [2.24, 2.45) is 0 Å². The van der Waals surface area contributed by atoms with Crippen LogP contribution in [0.3, 0.4) is 0 Å². The summed E-state index contributed by atoms with van der Waals surface area (Å²) in [6, 6.07) is 6.06. The highest BCUT2D eigenvalue weighted by Gasteiger charge is 2.16. The van der Waals surface area contributed by atoms with E-state index in [2.05, 4.69) is 33.8 Å². The maximum Gasteiger partial charge on any atom is 0.134 e. The third kappa shape index (κ3) is 3.20. The Hall–Kier alpha value is -1.62. The molecule has 0 aliphatic carbocycles. The number of benzene rings is 1. The maximum absolute atomic E-state index is 11.5. The Balaban J connectivity index is 3.51. The van der Waals surface area contributed by atoms with E-state index in [-0.39, 0.29) is 5.78 Å². The fraction of sp³-hybridized carbons (Fsp3) is 0.500. The molecule has 0 heterocycles. The van der Waals surface area contributed by atoms with Gasteiger partial charge in [0.2, 0.25) is 0 Å². The van der Waals surface area contributed by atoms with Gasteiger partial charge in [0.05, 0.1) is 11.6 Å². The number of nitrogens with zero attached hydrogens (tertiary/aromatic N) is 1. The van der Waals surface area contributed by atoms with Gasteiger partial charge in [-0.1, -0.05) is 27.7 Å². The van der Waals surface area contributed by atoms with Crippen molar-refractivity contribution in [2.75, 3.05) is 0 Å². The van der Waals surface area contributed by atoms with Crippen molar-refractivity contribution in [3.63, 3.8) is 0 Å². The molecule has 1 aromatic rings. The number of ketones is 1. The Kier molecular flexibility index (Phi) is 4.67. The second-order valence-electron chi connectivity index (χ2n) is 5.43. The lowest BCUT2D eigenvalue weighted by Gasteiger charge is -2.19. The lowest BCUT2D eigenvalue weighted by atomic mass is 9.85. The monoisotopic (exact) mass is 243 g/mol.